The molecule has 25 heavy (non-hydrogen) atoms. The molecular formula is C19H31ClN2O3. The van der Waals surface area contributed by atoms with Gasteiger partial charge < -0.3 is 19.5 Å². The van der Waals surface area contributed by atoms with E-state index in [-0.39, 0.29) is 17.7 Å². The third-order valence-electron chi connectivity index (χ3n) is 4.66. The zero-order chi connectivity index (χ0) is 18.6. The standard InChI is InChI=1S/C19H31ClN2O3/c1-13-10-22(11-14(2)25-13)19(3,4)12-21-9-15-7-16(20)18(24-6)17(8-15)23-5/h7-8,13-14,21H,9-12H2,1-6H3/t13-,14-/m1/s1. The lowest BCUT2D eigenvalue weighted by Gasteiger charge is -2.45. The molecule has 0 unspecified atom stereocenters. The zero-order valence-electron chi connectivity index (χ0n) is 16.2. The first-order valence-corrected chi connectivity index (χ1v) is 9.16. The fourth-order valence-corrected chi connectivity index (χ4v) is 3.68. The van der Waals surface area contributed by atoms with E-state index in [9.17, 15) is 0 Å². The molecule has 2 atom stereocenters. The van der Waals surface area contributed by atoms with Crippen LogP contribution in [0.2, 0.25) is 5.02 Å². The number of rotatable bonds is 7. The smallest absolute Gasteiger partial charge is 0.179 e. The summed E-state index contributed by atoms with van der Waals surface area (Å²) >= 11 is 6.28. The summed E-state index contributed by atoms with van der Waals surface area (Å²) in [4.78, 5) is 2.50. The molecule has 0 spiro atoms. The average molecular weight is 371 g/mol. The highest BCUT2D eigenvalue weighted by atomic mass is 35.5. The summed E-state index contributed by atoms with van der Waals surface area (Å²) in [6, 6.07) is 3.88. The van der Waals surface area contributed by atoms with Crippen LogP contribution in [0.25, 0.3) is 0 Å². The second-order valence-electron chi connectivity index (χ2n) is 7.39. The minimum absolute atomic E-state index is 0.0483. The molecule has 0 bridgehead atoms. The summed E-state index contributed by atoms with van der Waals surface area (Å²) in [6.07, 6.45) is 0.542. The van der Waals surface area contributed by atoms with Crippen molar-refractivity contribution in [2.45, 2.75) is 52.0 Å². The number of nitrogens with zero attached hydrogens (tertiary/aromatic N) is 1. The fraction of sp³-hybridized carbons (Fsp3) is 0.684. The fourth-order valence-electron chi connectivity index (χ4n) is 3.37. The Morgan fingerprint density at radius 1 is 1.20 bits per heavy atom. The van der Waals surface area contributed by atoms with Crippen LogP contribution in [0.3, 0.4) is 0 Å². The van der Waals surface area contributed by atoms with Crippen molar-refractivity contribution in [1.82, 2.24) is 10.2 Å². The maximum Gasteiger partial charge on any atom is 0.179 e. The number of nitrogens with one attached hydrogen (secondary N) is 1. The average Bonchev–Trinajstić information content (AvgIpc) is 2.53. The van der Waals surface area contributed by atoms with Gasteiger partial charge in [0.05, 0.1) is 31.5 Å². The van der Waals surface area contributed by atoms with Crippen LogP contribution in [0, 0.1) is 0 Å². The first-order valence-electron chi connectivity index (χ1n) is 8.78. The minimum atomic E-state index is 0.0483. The molecule has 0 amide bonds. The molecule has 1 heterocycles. The van der Waals surface area contributed by atoms with Crippen LogP contribution in [0.5, 0.6) is 11.5 Å². The van der Waals surface area contributed by atoms with Crippen LogP contribution in [-0.2, 0) is 11.3 Å². The predicted molar refractivity (Wildman–Crippen MR) is 102 cm³/mol. The maximum absolute atomic E-state index is 6.28. The van der Waals surface area contributed by atoms with Crippen molar-refractivity contribution >= 4 is 11.6 Å². The van der Waals surface area contributed by atoms with Crippen molar-refractivity contribution in [2.75, 3.05) is 33.9 Å². The van der Waals surface area contributed by atoms with Crippen molar-refractivity contribution in [3.05, 3.63) is 22.7 Å². The Bertz CT molecular complexity index is 570. The summed E-state index contributed by atoms with van der Waals surface area (Å²) in [5, 5.41) is 4.11. The van der Waals surface area contributed by atoms with E-state index in [4.69, 9.17) is 25.8 Å². The van der Waals surface area contributed by atoms with E-state index in [0.717, 1.165) is 31.7 Å². The van der Waals surface area contributed by atoms with Crippen molar-refractivity contribution in [3.8, 4) is 11.5 Å². The van der Waals surface area contributed by atoms with Crippen molar-refractivity contribution in [1.29, 1.82) is 0 Å². The highest BCUT2D eigenvalue weighted by Gasteiger charge is 2.32. The van der Waals surface area contributed by atoms with E-state index in [2.05, 4.69) is 37.9 Å². The largest absolute Gasteiger partial charge is 0.493 e. The third kappa shape index (κ3) is 5.23. The van der Waals surface area contributed by atoms with Gasteiger partial charge in [-0.15, -0.1) is 0 Å². The second-order valence-corrected chi connectivity index (χ2v) is 7.80. The highest BCUT2D eigenvalue weighted by molar-refractivity contribution is 6.32. The summed E-state index contributed by atoms with van der Waals surface area (Å²) in [7, 11) is 3.21. The molecule has 1 aliphatic rings. The van der Waals surface area contributed by atoms with Gasteiger partial charge in [0.2, 0.25) is 0 Å². The summed E-state index contributed by atoms with van der Waals surface area (Å²) < 4.78 is 16.5. The Balaban J connectivity index is 1.96. The van der Waals surface area contributed by atoms with Gasteiger partial charge in [-0.2, -0.15) is 0 Å². The summed E-state index contributed by atoms with van der Waals surface area (Å²) in [5.41, 5.74) is 1.12. The molecule has 0 saturated carbocycles. The lowest BCUT2D eigenvalue weighted by molar-refractivity contribution is -0.0952. The molecule has 1 aliphatic heterocycles. The molecule has 1 aromatic carbocycles. The molecule has 0 aromatic heterocycles. The van der Waals surface area contributed by atoms with Crippen LogP contribution < -0.4 is 14.8 Å². The van der Waals surface area contributed by atoms with Crippen molar-refractivity contribution in [3.63, 3.8) is 0 Å². The normalized spacial score (nSPS) is 22.0. The molecule has 2 rings (SSSR count). The van der Waals surface area contributed by atoms with Gasteiger partial charge in [0.25, 0.3) is 0 Å². The molecule has 1 saturated heterocycles. The van der Waals surface area contributed by atoms with Gasteiger partial charge in [-0.1, -0.05) is 11.6 Å². The van der Waals surface area contributed by atoms with Crippen LogP contribution in [0.1, 0.15) is 33.3 Å². The van der Waals surface area contributed by atoms with Gasteiger partial charge in [-0.25, -0.2) is 0 Å². The number of ether oxygens (including phenoxy) is 3. The number of halogens is 1. The number of benzene rings is 1. The van der Waals surface area contributed by atoms with Crippen LogP contribution in [-0.4, -0.2) is 56.5 Å². The zero-order valence-corrected chi connectivity index (χ0v) is 16.9. The van der Waals surface area contributed by atoms with Crippen LogP contribution in [0.4, 0.5) is 0 Å². The highest BCUT2D eigenvalue weighted by Crippen LogP contribution is 2.36. The van der Waals surface area contributed by atoms with Gasteiger partial charge in [0.15, 0.2) is 11.5 Å². The number of morpholine rings is 1. The first kappa shape index (κ1) is 20.3. The van der Waals surface area contributed by atoms with Crippen LogP contribution >= 0.6 is 11.6 Å². The quantitative estimate of drug-likeness (QED) is 0.797. The van der Waals surface area contributed by atoms with Crippen molar-refractivity contribution < 1.29 is 14.2 Å². The molecule has 0 aliphatic carbocycles. The molecule has 1 fully saturated rings. The Labute approximate surface area is 156 Å². The number of hydrogen-bond acceptors (Lipinski definition) is 5. The molecule has 1 N–H and O–H groups in total. The summed E-state index contributed by atoms with van der Waals surface area (Å²) in [5.74, 6) is 1.23. The van der Waals surface area contributed by atoms with E-state index in [1.807, 2.05) is 12.1 Å². The van der Waals surface area contributed by atoms with Gasteiger partial charge >= 0.3 is 0 Å². The minimum Gasteiger partial charge on any atom is -0.493 e. The Morgan fingerprint density at radius 2 is 1.84 bits per heavy atom. The lowest BCUT2D eigenvalue weighted by Crippen LogP contribution is -2.58. The predicted octanol–water partition coefficient (Wildman–Crippen LogP) is 3.33. The van der Waals surface area contributed by atoms with Gasteiger partial charge in [0.1, 0.15) is 0 Å². The topological polar surface area (TPSA) is 43.0 Å². The monoisotopic (exact) mass is 370 g/mol. The first-order chi connectivity index (χ1) is 11.8. The molecule has 5 nitrogen and oxygen atoms in total. The van der Waals surface area contributed by atoms with E-state index in [1.54, 1.807) is 14.2 Å². The maximum atomic E-state index is 6.28. The Morgan fingerprint density at radius 3 is 2.40 bits per heavy atom. The second kappa shape index (κ2) is 8.58. The molecule has 1 aromatic rings. The Hall–Kier alpha value is -1.01. The molecule has 142 valence electrons. The Kier molecular flexibility index (Phi) is 6.97. The molecular weight excluding hydrogens is 340 g/mol. The van der Waals surface area contributed by atoms with Crippen molar-refractivity contribution in [2.24, 2.45) is 0 Å². The van der Waals surface area contributed by atoms with E-state index in [0.29, 0.717) is 16.5 Å². The van der Waals surface area contributed by atoms with Gasteiger partial charge in [-0.05, 0) is 45.4 Å². The number of hydrogen-bond donors (Lipinski definition) is 1. The lowest BCUT2D eigenvalue weighted by atomic mass is 10.00. The molecule has 6 heteroatoms. The van der Waals surface area contributed by atoms with E-state index >= 15 is 0 Å². The van der Waals surface area contributed by atoms with Gasteiger partial charge in [0, 0.05) is 31.7 Å². The number of methoxy groups -OCH3 is 2. The van der Waals surface area contributed by atoms with E-state index in [1.165, 1.54) is 0 Å². The third-order valence-corrected chi connectivity index (χ3v) is 4.94. The van der Waals surface area contributed by atoms with E-state index < -0.39 is 0 Å². The SMILES string of the molecule is COc1cc(CNCC(C)(C)N2C[C@@H](C)O[C@H](C)C2)cc(Cl)c1OC. The summed E-state index contributed by atoms with van der Waals surface area (Å²) in [6.45, 7) is 12.3. The van der Waals surface area contributed by atoms with Crippen LogP contribution in [0.15, 0.2) is 12.1 Å². The van der Waals surface area contributed by atoms with Gasteiger partial charge in [-0.3, -0.25) is 4.90 Å². The molecule has 0 radical (unpaired) electrons.